The SMILES string of the molecule is COC1CCN(C(=O)C(c2ccccc2)n2cnc(NC(=O)C(COCc3ccccc3)NC(=O)C(C)(C)NC(=O)OC(C)(C)C)c2)CC1. The van der Waals surface area contributed by atoms with Crippen molar-refractivity contribution in [3.05, 3.63) is 84.3 Å². The van der Waals surface area contributed by atoms with Gasteiger partial charge in [0.05, 0.1) is 25.6 Å². The minimum atomic E-state index is -1.43. The predicted molar refractivity (Wildman–Crippen MR) is 184 cm³/mol. The molecule has 4 rings (SSSR count). The molecule has 2 atom stereocenters. The van der Waals surface area contributed by atoms with Gasteiger partial charge in [-0.2, -0.15) is 0 Å². The summed E-state index contributed by atoms with van der Waals surface area (Å²) in [6.07, 6.45) is 3.94. The number of rotatable bonds is 13. The Morgan fingerprint density at radius 2 is 1.57 bits per heavy atom. The zero-order valence-electron chi connectivity index (χ0n) is 29.1. The highest BCUT2D eigenvalue weighted by Crippen LogP contribution is 2.25. The lowest BCUT2D eigenvalue weighted by Gasteiger charge is -2.34. The highest BCUT2D eigenvalue weighted by atomic mass is 16.6. The van der Waals surface area contributed by atoms with Crippen LogP contribution in [-0.4, -0.2) is 88.4 Å². The van der Waals surface area contributed by atoms with Crippen LogP contribution in [0.2, 0.25) is 0 Å². The van der Waals surface area contributed by atoms with E-state index < -0.39 is 41.1 Å². The van der Waals surface area contributed by atoms with E-state index >= 15 is 0 Å². The maximum atomic E-state index is 13.9. The molecular weight excluding hydrogens is 628 g/mol. The van der Waals surface area contributed by atoms with Crippen molar-refractivity contribution in [2.24, 2.45) is 0 Å². The van der Waals surface area contributed by atoms with Crippen molar-refractivity contribution >= 4 is 29.6 Å². The van der Waals surface area contributed by atoms with Crippen LogP contribution in [0.1, 0.15) is 64.6 Å². The van der Waals surface area contributed by atoms with Gasteiger partial charge in [-0.25, -0.2) is 9.78 Å². The summed E-state index contributed by atoms with van der Waals surface area (Å²) in [6.45, 7) is 9.34. The zero-order valence-corrected chi connectivity index (χ0v) is 29.1. The topological polar surface area (TPSA) is 153 Å². The average Bonchev–Trinajstić information content (AvgIpc) is 3.51. The van der Waals surface area contributed by atoms with Gasteiger partial charge in [-0.1, -0.05) is 60.7 Å². The highest BCUT2D eigenvalue weighted by Gasteiger charge is 2.35. The lowest BCUT2D eigenvalue weighted by molar-refractivity contribution is -0.136. The Labute approximate surface area is 287 Å². The first-order chi connectivity index (χ1) is 23.3. The molecule has 2 heterocycles. The Hall–Kier alpha value is -4.75. The fourth-order valence-electron chi connectivity index (χ4n) is 5.32. The second-order valence-electron chi connectivity index (χ2n) is 13.5. The number of imidazole rings is 1. The fraction of sp³-hybridized carbons (Fsp3) is 0.472. The number of piperidine rings is 1. The van der Waals surface area contributed by atoms with Crippen molar-refractivity contribution in [1.82, 2.24) is 25.1 Å². The van der Waals surface area contributed by atoms with E-state index in [1.165, 1.54) is 20.2 Å². The molecule has 1 aliphatic rings. The molecule has 3 N–H and O–H groups in total. The molecule has 13 nitrogen and oxygen atoms in total. The molecule has 0 aliphatic carbocycles. The number of carbonyl (C=O) groups is 4. The van der Waals surface area contributed by atoms with Gasteiger partial charge in [0.2, 0.25) is 11.8 Å². The van der Waals surface area contributed by atoms with E-state index in [1.807, 2.05) is 65.6 Å². The number of nitrogens with zero attached hydrogens (tertiary/aromatic N) is 3. The normalized spacial score (nSPS) is 15.2. The highest BCUT2D eigenvalue weighted by molar-refractivity contribution is 5.98. The monoisotopic (exact) mass is 676 g/mol. The van der Waals surface area contributed by atoms with Crippen molar-refractivity contribution in [1.29, 1.82) is 0 Å². The molecule has 2 unspecified atom stereocenters. The Balaban J connectivity index is 1.50. The number of hydrogen-bond donors (Lipinski definition) is 3. The third-order valence-electron chi connectivity index (χ3n) is 7.99. The molecule has 4 amide bonds. The van der Waals surface area contributed by atoms with E-state index in [0.717, 1.165) is 24.0 Å². The Morgan fingerprint density at radius 1 is 0.939 bits per heavy atom. The van der Waals surface area contributed by atoms with E-state index in [0.29, 0.717) is 13.1 Å². The van der Waals surface area contributed by atoms with Gasteiger partial charge < -0.3 is 39.6 Å². The summed E-state index contributed by atoms with van der Waals surface area (Å²) >= 11 is 0. The number of carbonyl (C=O) groups excluding carboxylic acids is 4. The summed E-state index contributed by atoms with van der Waals surface area (Å²) in [6, 6.07) is 16.9. The van der Waals surface area contributed by atoms with Crippen molar-refractivity contribution < 1.29 is 33.4 Å². The maximum absolute atomic E-state index is 13.9. The summed E-state index contributed by atoms with van der Waals surface area (Å²) in [4.78, 5) is 59.6. The second kappa shape index (κ2) is 16.6. The van der Waals surface area contributed by atoms with Gasteiger partial charge in [0.1, 0.15) is 23.2 Å². The molecular formula is C36H48N6O7. The zero-order chi connectivity index (χ0) is 35.6. The Morgan fingerprint density at radius 3 is 2.18 bits per heavy atom. The fourth-order valence-corrected chi connectivity index (χ4v) is 5.32. The standard InChI is InChI=1S/C36H48N6O7/c1-35(2,3)49-34(46)40-36(4,5)33(45)38-28(23-48-22-25-13-9-7-10-14-25)31(43)39-29-21-42(24-37-29)30(26-15-11-8-12-16-26)32(44)41-19-17-27(47-6)18-20-41/h7-16,21,24,27-28,30H,17-20,22-23H2,1-6H3,(H,38,45)(H,39,43)(H,40,46). The molecule has 1 aliphatic heterocycles. The van der Waals surface area contributed by atoms with Crippen LogP contribution in [0.3, 0.4) is 0 Å². The average molecular weight is 677 g/mol. The third kappa shape index (κ3) is 10.9. The third-order valence-corrected chi connectivity index (χ3v) is 7.99. The minimum absolute atomic E-state index is 0.0878. The molecule has 1 saturated heterocycles. The van der Waals surface area contributed by atoms with Crippen molar-refractivity contribution in [3.63, 3.8) is 0 Å². The summed E-state index contributed by atoms with van der Waals surface area (Å²) < 4.78 is 18.3. The minimum Gasteiger partial charge on any atom is -0.444 e. The van der Waals surface area contributed by atoms with E-state index in [9.17, 15) is 19.2 Å². The molecule has 264 valence electrons. The van der Waals surface area contributed by atoms with E-state index in [1.54, 1.807) is 38.6 Å². The number of alkyl carbamates (subject to hydrolysis) is 1. The second-order valence-corrected chi connectivity index (χ2v) is 13.5. The van der Waals surface area contributed by atoms with Gasteiger partial charge in [-0.15, -0.1) is 0 Å². The molecule has 1 aromatic heterocycles. The molecule has 0 bridgehead atoms. The number of methoxy groups -OCH3 is 1. The smallest absolute Gasteiger partial charge is 0.408 e. The number of hydrogen-bond acceptors (Lipinski definition) is 8. The van der Waals surface area contributed by atoms with Crippen LogP contribution in [0.15, 0.2) is 73.2 Å². The van der Waals surface area contributed by atoms with Gasteiger partial charge in [-0.3, -0.25) is 14.4 Å². The number of anilines is 1. The van der Waals surface area contributed by atoms with Gasteiger partial charge in [0, 0.05) is 26.4 Å². The summed E-state index contributed by atoms with van der Waals surface area (Å²) in [7, 11) is 1.68. The molecule has 2 aromatic carbocycles. The number of nitrogens with one attached hydrogen (secondary N) is 3. The maximum Gasteiger partial charge on any atom is 0.408 e. The predicted octanol–water partition coefficient (Wildman–Crippen LogP) is 4.05. The van der Waals surface area contributed by atoms with E-state index in [2.05, 4.69) is 20.9 Å². The first kappa shape index (κ1) is 37.1. The van der Waals surface area contributed by atoms with Gasteiger partial charge in [-0.05, 0) is 58.6 Å². The van der Waals surface area contributed by atoms with Gasteiger partial charge >= 0.3 is 6.09 Å². The number of benzene rings is 2. The summed E-state index contributed by atoms with van der Waals surface area (Å²) in [5, 5.41) is 8.02. The van der Waals surface area contributed by atoms with Crippen molar-refractivity contribution in [2.75, 3.05) is 32.1 Å². The number of amides is 4. The van der Waals surface area contributed by atoms with Crippen LogP contribution in [-0.2, 0) is 35.2 Å². The Kier molecular flexibility index (Phi) is 12.5. The van der Waals surface area contributed by atoms with E-state index in [4.69, 9.17) is 14.2 Å². The van der Waals surface area contributed by atoms with Crippen LogP contribution < -0.4 is 16.0 Å². The van der Waals surface area contributed by atoms with E-state index in [-0.39, 0.29) is 31.0 Å². The van der Waals surface area contributed by atoms with Crippen LogP contribution in [0.5, 0.6) is 0 Å². The molecule has 1 fully saturated rings. The molecule has 0 spiro atoms. The molecule has 0 saturated carbocycles. The number of ether oxygens (including phenoxy) is 3. The molecule has 49 heavy (non-hydrogen) atoms. The number of likely N-dealkylation sites (tertiary alicyclic amines) is 1. The van der Waals surface area contributed by atoms with Crippen LogP contribution in [0, 0.1) is 0 Å². The summed E-state index contributed by atoms with van der Waals surface area (Å²) in [5.41, 5.74) is -0.528. The van der Waals surface area contributed by atoms with Crippen LogP contribution in [0.25, 0.3) is 0 Å². The lowest BCUT2D eigenvalue weighted by atomic mass is 10.0. The van der Waals surface area contributed by atoms with Gasteiger partial charge in [0.15, 0.2) is 5.82 Å². The molecule has 3 aromatic rings. The van der Waals surface area contributed by atoms with Crippen molar-refractivity contribution in [2.45, 2.75) is 83.4 Å². The van der Waals surface area contributed by atoms with Crippen molar-refractivity contribution in [3.8, 4) is 0 Å². The first-order valence-electron chi connectivity index (χ1n) is 16.4. The van der Waals surface area contributed by atoms with Crippen LogP contribution >= 0.6 is 0 Å². The number of aromatic nitrogens is 2. The summed E-state index contributed by atoms with van der Waals surface area (Å²) in [5.74, 6) is -1.12. The largest absolute Gasteiger partial charge is 0.444 e. The quantitative estimate of drug-likeness (QED) is 0.245. The van der Waals surface area contributed by atoms with Gasteiger partial charge in [0.25, 0.3) is 5.91 Å². The first-order valence-corrected chi connectivity index (χ1v) is 16.4. The lowest BCUT2D eigenvalue weighted by Crippen LogP contribution is -2.59. The molecule has 13 heteroatoms. The Bertz CT molecular complexity index is 1550. The molecule has 0 radical (unpaired) electrons. The van der Waals surface area contributed by atoms with Crippen LogP contribution in [0.4, 0.5) is 10.6 Å².